The van der Waals surface area contributed by atoms with Gasteiger partial charge in [-0.25, -0.2) is 4.39 Å². The van der Waals surface area contributed by atoms with Gasteiger partial charge in [0.2, 0.25) is 11.8 Å². The predicted octanol–water partition coefficient (Wildman–Crippen LogP) is 3.12. The van der Waals surface area contributed by atoms with Crippen LogP contribution in [0, 0.1) is 19.7 Å². The number of benzene rings is 1. The summed E-state index contributed by atoms with van der Waals surface area (Å²) >= 11 is 0. The molecular formula is C17H19FN4O2. The van der Waals surface area contributed by atoms with Gasteiger partial charge in [0.25, 0.3) is 0 Å². The fourth-order valence-electron chi connectivity index (χ4n) is 2.79. The summed E-state index contributed by atoms with van der Waals surface area (Å²) in [6, 6.07) is 4.21. The highest BCUT2D eigenvalue weighted by atomic mass is 19.1. The molecule has 0 unspecified atom stereocenters. The Labute approximate surface area is 138 Å². The summed E-state index contributed by atoms with van der Waals surface area (Å²) in [6.45, 7) is 5.51. The second-order valence-corrected chi connectivity index (χ2v) is 5.80. The fraction of sp³-hybridized carbons (Fsp3) is 0.353. The van der Waals surface area contributed by atoms with Crippen molar-refractivity contribution in [1.29, 1.82) is 0 Å². The van der Waals surface area contributed by atoms with E-state index in [1.54, 1.807) is 13.0 Å². The maximum absolute atomic E-state index is 13.5. The first-order valence-electron chi connectivity index (χ1n) is 7.84. The van der Waals surface area contributed by atoms with Gasteiger partial charge < -0.3 is 14.8 Å². The molecule has 24 heavy (non-hydrogen) atoms. The Balaban J connectivity index is 1.79. The van der Waals surface area contributed by atoms with Gasteiger partial charge in [-0.3, -0.25) is 4.79 Å². The minimum atomic E-state index is -0.322. The van der Waals surface area contributed by atoms with Gasteiger partial charge in [0.1, 0.15) is 5.82 Å². The fourth-order valence-corrected chi connectivity index (χ4v) is 2.79. The lowest BCUT2D eigenvalue weighted by atomic mass is 10.1. The van der Waals surface area contributed by atoms with Gasteiger partial charge in [-0.05, 0) is 37.1 Å². The highest BCUT2D eigenvalue weighted by molar-refractivity contribution is 5.90. The van der Waals surface area contributed by atoms with E-state index in [1.165, 1.54) is 12.1 Å². The van der Waals surface area contributed by atoms with E-state index in [0.717, 1.165) is 22.2 Å². The van der Waals surface area contributed by atoms with Crippen molar-refractivity contribution in [3.8, 4) is 0 Å². The van der Waals surface area contributed by atoms with E-state index in [4.69, 9.17) is 4.52 Å². The van der Waals surface area contributed by atoms with Crippen molar-refractivity contribution in [2.45, 2.75) is 39.7 Å². The maximum atomic E-state index is 13.5. The van der Waals surface area contributed by atoms with Crippen LogP contribution in [0.25, 0.3) is 10.9 Å². The molecule has 0 aliphatic rings. The van der Waals surface area contributed by atoms with E-state index in [0.29, 0.717) is 18.1 Å². The number of hydrogen-bond acceptors (Lipinski definition) is 4. The largest absolute Gasteiger partial charge is 0.358 e. The molecule has 6 nitrogen and oxygen atoms in total. The van der Waals surface area contributed by atoms with Gasteiger partial charge in [-0.2, -0.15) is 4.98 Å². The number of aromatic amines is 1. The molecule has 1 aromatic carbocycles. The van der Waals surface area contributed by atoms with Crippen LogP contribution in [0.3, 0.4) is 0 Å². The molecule has 3 rings (SSSR count). The molecule has 2 aromatic heterocycles. The molecule has 0 saturated heterocycles. The molecule has 1 atom stereocenters. The molecule has 0 radical (unpaired) electrons. The van der Waals surface area contributed by atoms with Gasteiger partial charge in [-0.15, -0.1) is 0 Å². The summed E-state index contributed by atoms with van der Waals surface area (Å²) in [5, 5.41) is 7.50. The van der Waals surface area contributed by atoms with Crippen LogP contribution in [0.1, 0.15) is 42.4 Å². The number of hydrogen-bond donors (Lipinski definition) is 2. The number of aromatic nitrogens is 3. The lowest BCUT2D eigenvalue weighted by molar-refractivity contribution is -0.121. The molecule has 0 fully saturated rings. The van der Waals surface area contributed by atoms with Crippen LogP contribution in [-0.4, -0.2) is 21.0 Å². The molecule has 1 amide bonds. The lowest BCUT2D eigenvalue weighted by Crippen LogP contribution is -2.30. The van der Waals surface area contributed by atoms with Crippen LogP contribution in [0.15, 0.2) is 22.7 Å². The molecule has 2 N–H and O–H groups in total. The summed E-state index contributed by atoms with van der Waals surface area (Å²) in [7, 11) is 0. The molecule has 0 bridgehead atoms. The molecule has 3 aromatic rings. The average Bonchev–Trinajstić information content (AvgIpc) is 3.09. The zero-order valence-electron chi connectivity index (χ0n) is 13.8. The Morgan fingerprint density at radius 2 is 2.21 bits per heavy atom. The molecule has 0 aliphatic carbocycles. The van der Waals surface area contributed by atoms with Crippen LogP contribution < -0.4 is 5.32 Å². The van der Waals surface area contributed by atoms with Crippen molar-refractivity contribution in [2.24, 2.45) is 0 Å². The number of halogens is 1. The molecule has 2 heterocycles. The Morgan fingerprint density at radius 1 is 1.42 bits per heavy atom. The number of carbonyl (C=O) groups is 1. The van der Waals surface area contributed by atoms with Gasteiger partial charge in [0.15, 0.2) is 5.82 Å². The van der Waals surface area contributed by atoms with E-state index >= 15 is 0 Å². The topological polar surface area (TPSA) is 83.8 Å². The normalized spacial score (nSPS) is 12.5. The van der Waals surface area contributed by atoms with E-state index in [9.17, 15) is 9.18 Å². The summed E-state index contributed by atoms with van der Waals surface area (Å²) in [6.07, 6.45) is 0.800. The van der Waals surface area contributed by atoms with Crippen molar-refractivity contribution in [3.63, 3.8) is 0 Å². The summed E-state index contributed by atoms with van der Waals surface area (Å²) < 4.78 is 18.5. The number of amides is 1. The molecule has 0 spiro atoms. The second-order valence-electron chi connectivity index (χ2n) is 5.80. The third-order valence-corrected chi connectivity index (χ3v) is 4.02. The van der Waals surface area contributed by atoms with Crippen molar-refractivity contribution in [3.05, 3.63) is 47.0 Å². The summed E-state index contributed by atoms with van der Waals surface area (Å²) in [4.78, 5) is 19.8. The van der Waals surface area contributed by atoms with Crippen LogP contribution in [0.4, 0.5) is 4.39 Å². The first kappa shape index (κ1) is 16.2. The zero-order chi connectivity index (χ0) is 17.3. The Bertz CT molecular complexity index is 884. The molecule has 0 saturated carbocycles. The maximum Gasteiger partial charge on any atom is 0.225 e. The van der Waals surface area contributed by atoms with Gasteiger partial charge in [-0.1, -0.05) is 12.1 Å². The quantitative estimate of drug-likeness (QED) is 0.753. The monoisotopic (exact) mass is 330 g/mol. The van der Waals surface area contributed by atoms with E-state index in [-0.39, 0.29) is 24.2 Å². The highest BCUT2D eigenvalue weighted by Gasteiger charge is 2.20. The van der Waals surface area contributed by atoms with Crippen LogP contribution in [0.2, 0.25) is 0 Å². The van der Waals surface area contributed by atoms with Gasteiger partial charge >= 0.3 is 0 Å². The summed E-state index contributed by atoms with van der Waals surface area (Å²) in [5.74, 6) is 0.431. The first-order chi connectivity index (χ1) is 11.5. The number of nitrogens with zero attached hydrogens (tertiary/aromatic N) is 2. The molecular weight excluding hydrogens is 311 g/mol. The third-order valence-electron chi connectivity index (χ3n) is 4.02. The zero-order valence-corrected chi connectivity index (χ0v) is 13.8. The Kier molecular flexibility index (Phi) is 4.33. The number of H-pyrrole nitrogens is 1. The van der Waals surface area contributed by atoms with Crippen molar-refractivity contribution >= 4 is 16.8 Å². The number of nitrogens with one attached hydrogen (secondary N) is 2. The third kappa shape index (κ3) is 3.15. The average molecular weight is 330 g/mol. The SMILES string of the molecule is CC[C@@H](NC(=O)Cc1c(C)[nH]c2ccc(F)cc12)c1noc(C)n1. The van der Waals surface area contributed by atoms with Gasteiger partial charge in [0, 0.05) is 23.5 Å². The smallest absolute Gasteiger partial charge is 0.225 e. The number of fused-ring (bicyclic) bond motifs is 1. The minimum absolute atomic E-state index is 0.155. The van der Waals surface area contributed by atoms with Crippen LogP contribution >= 0.6 is 0 Å². The lowest BCUT2D eigenvalue weighted by Gasteiger charge is -2.13. The molecule has 0 aliphatic heterocycles. The van der Waals surface area contributed by atoms with E-state index < -0.39 is 0 Å². The number of carbonyl (C=O) groups excluding carboxylic acids is 1. The Hall–Kier alpha value is -2.70. The predicted molar refractivity (Wildman–Crippen MR) is 86.9 cm³/mol. The number of aryl methyl sites for hydroxylation is 2. The molecule has 7 heteroatoms. The minimum Gasteiger partial charge on any atom is -0.358 e. The van der Waals surface area contributed by atoms with Crippen LogP contribution in [0.5, 0.6) is 0 Å². The number of rotatable bonds is 5. The molecule has 126 valence electrons. The summed E-state index contributed by atoms with van der Waals surface area (Å²) in [5.41, 5.74) is 2.47. The standard InChI is InChI=1S/C17H19FN4O2/c1-4-14(17-20-10(3)24-22-17)21-16(23)8-12-9(2)19-15-6-5-11(18)7-13(12)15/h5-7,14,19H,4,8H2,1-3H3,(H,21,23)/t14-/m1/s1. The van der Waals surface area contributed by atoms with E-state index in [1.807, 2.05) is 13.8 Å². The van der Waals surface area contributed by atoms with Crippen LogP contribution in [-0.2, 0) is 11.2 Å². The highest BCUT2D eigenvalue weighted by Crippen LogP contribution is 2.24. The van der Waals surface area contributed by atoms with Crippen molar-refractivity contribution < 1.29 is 13.7 Å². The van der Waals surface area contributed by atoms with Gasteiger partial charge in [0.05, 0.1) is 12.5 Å². The van der Waals surface area contributed by atoms with Crippen molar-refractivity contribution in [2.75, 3.05) is 0 Å². The first-order valence-corrected chi connectivity index (χ1v) is 7.84. The Morgan fingerprint density at radius 3 is 2.88 bits per heavy atom. The van der Waals surface area contributed by atoms with Crippen molar-refractivity contribution in [1.82, 2.24) is 20.4 Å². The second kappa shape index (κ2) is 6.43. The van der Waals surface area contributed by atoms with E-state index in [2.05, 4.69) is 20.4 Å².